The van der Waals surface area contributed by atoms with Crippen molar-refractivity contribution in [2.24, 2.45) is 11.8 Å². The third-order valence-electron chi connectivity index (χ3n) is 7.46. The molecule has 2 saturated heterocycles. The lowest BCUT2D eigenvalue weighted by molar-refractivity contribution is -0.130. The predicted octanol–water partition coefficient (Wildman–Crippen LogP) is 3.20. The monoisotopic (exact) mass is 422 g/mol. The summed E-state index contributed by atoms with van der Waals surface area (Å²) in [4.78, 5) is 34.5. The van der Waals surface area contributed by atoms with Gasteiger partial charge in [-0.05, 0) is 31.4 Å². The number of hydrogen-bond acceptors (Lipinski definition) is 5. The van der Waals surface area contributed by atoms with Crippen molar-refractivity contribution in [3.05, 3.63) is 47.6 Å². The van der Waals surface area contributed by atoms with Gasteiger partial charge in [-0.25, -0.2) is 0 Å². The number of hydrogen-bond donors (Lipinski definition) is 0. The first-order chi connectivity index (χ1) is 15.0. The van der Waals surface area contributed by atoms with E-state index >= 15 is 0 Å². The molecule has 1 aromatic heterocycles. The van der Waals surface area contributed by atoms with E-state index in [9.17, 15) is 9.59 Å². The van der Waals surface area contributed by atoms with Crippen molar-refractivity contribution in [2.75, 3.05) is 26.2 Å². The van der Waals surface area contributed by atoms with Gasteiger partial charge in [-0.3, -0.25) is 9.59 Å². The summed E-state index contributed by atoms with van der Waals surface area (Å²) in [6.07, 6.45) is 6.73. The molecule has 5 rings (SSSR count). The quantitative estimate of drug-likeness (QED) is 0.739. The Balaban J connectivity index is 1.33. The Morgan fingerprint density at radius 3 is 2.52 bits per heavy atom. The molecule has 2 amide bonds. The molecular formula is C24H30N4O3. The normalized spacial score (nSPS) is 25.9. The van der Waals surface area contributed by atoms with Gasteiger partial charge in [0.2, 0.25) is 11.8 Å². The first-order valence-corrected chi connectivity index (χ1v) is 11.5. The van der Waals surface area contributed by atoms with Crippen LogP contribution >= 0.6 is 0 Å². The summed E-state index contributed by atoms with van der Waals surface area (Å²) < 4.78 is 5.62. The summed E-state index contributed by atoms with van der Waals surface area (Å²) in [5.41, 5.74) is 0.207. The van der Waals surface area contributed by atoms with Gasteiger partial charge in [0.15, 0.2) is 5.82 Å². The van der Waals surface area contributed by atoms with E-state index in [1.165, 1.54) is 25.7 Å². The van der Waals surface area contributed by atoms with E-state index in [1.807, 2.05) is 40.1 Å². The molecule has 2 atom stereocenters. The number of carbonyl (C=O) groups is 2. The summed E-state index contributed by atoms with van der Waals surface area (Å²) in [6.45, 7) is 4.09. The smallest absolute Gasteiger partial charge is 0.253 e. The van der Waals surface area contributed by atoms with E-state index in [0.29, 0.717) is 55.8 Å². The lowest BCUT2D eigenvalue weighted by atomic mass is 9.81. The van der Waals surface area contributed by atoms with E-state index in [0.717, 1.165) is 6.42 Å². The number of likely N-dealkylation sites (tertiary alicyclic amines) is 2. The number of fused-ring (bicyclic) bond motifs is 1. The average Bonchev–Trinajstić information content (AvgIpc) is 3.55. The molecule has 0 radical (unpaired) electrons. The molecule has 3 heterocycles. The van der Waals surface area contributed by atoms with Crippen LogP contribution in [0.25, 0.3) is 0 Å². The van der Waals surface area contributed by atoms with E-state index in [2.05, 4.69) is 10.1 Å². The fourth-order valence-electron chi connectivity index (χ4n) is 5.76. The second-order valence-corrected chi connectivity index (χ2v) is 9.51. The first-order valence-electron chi connectivity index (χ1n) is 11.5. The minimum absolute atomic E-state index is 0.0183. The van der Waals surface area contributed by atoms with Crippen molar-refractivity contribution in [1.82, 2.24) is 19.9 Å². The fourth-order valence-corrected chi connectivity index (χ4v) is 5.76. The highest BCUT2D eigenvalue weighted by atomic mass is 16.5. The van der Waals surface area contributed by atoms with Crippen molar-refractivity contribution in [1.29, 1.82) is 0 Å². The highest BCUT2D eigenvalue weighted by molar-refractivity contribution is 5.94. The molecule has 2 aliphatic heterocycles. The van der Waals surface area contributed by atoms with Gasteiger partial charge >= 0.3 is 0 Å². The second kappa shape index (κ2) is 8.09. The number of nitrogens with zero attached hydrogens (tertiary/aromatic N) is 4. The maximum atomic E-state index is 13.1. The molecular weight excluding hydrogens is 392 g/mol. The van der Waals surface area contributed by atoms with Crippen LogP contribution in [0, 0.1) is 18.8 Å². The van der Waals surface area contributed by atoms with Gasteiger partial charge in [-0.1, -0.05) is 49.0 Å². The number of benzene rings is 1. The molecule has 0 N–H and O–H groups in total. The Morgan fingerprint density at radius 2 is 1.81 bits per heavy atom. The van der Waals surface area contributed by atoms with E-state index in [1.54, 1.807) is 6.92 Å². The van der Waals surface area contributed by atoms with Crippen LogP contribution in [0.5, 0.6) is 0 Å². The molecule has 1 aromatic carbocycles. The Bertz CT molecular complexity index is 953. The summed E-state index contributed by atoms with van der Waals surface area (Å²) >= 11 is 0. The van der Waals surface area contributed by atoms with Crippen LogP contribution in [0.1, 0.15) is 60.6 Å². The lowest BCUT2D eigenvalue weighted by Crippen LogP contribution is -2.41. The van der Waals surface area contributed by atoms with Crippen LogP contribution in [-0.2, 0) is 10.2 Å². The van der Waals surface area contributed by atoms with Gasteiger partial charge in [0, 0.05) is 44.1 Å². The van der Waals surface area contributed by atoms with E-state index < -0.39 is 5.41 Å². The van der Waals surface area contributed by atoms with Crippen LogP contribution < -0.4 is 0 Å². The summed E-state index contributed by atoms with van der Waals surface area (Å²) in [5, 5.41) is 4.01. The molecule has 31 heavy (non-hydrogen) atoms. The summed E-state index contributed by atoms with van der Waals surface area (Å²) in [7, 11) is 0. The van der Waals surface area contributed by atoms with Gasteiger partial charge in [0.1, 0.15) is 0 Å². The Labute approximate surface area is 182 Å². The second-order valence-electron chi connectivity index (χ2n) is 9.51. The highest BCUT2D eigenvalue weighted by Gasteiger charge is 2.58. The standard InChI is InChI=1S/C24H30N4O3/c1-17-25-23(31-26-17)24-15-27(21(29)12-11-18-7-5-6-8-18)13-20(24)14-28(16-24)22(30)19-9-3-2-4-10-19/h2-4,9-10,18,20H,5-8,11-16H2,1H3/t20-,24-/m0/s1. The number of aromatic nitrogens is 2. The van der Waals surface area contributed by atoms with Crippen molar-refractivity contribution in [3.8, 4) is 0 Å². The largest absolute Gasteiger partial charge is 0.341 e. The van der Waals surface area contributed by atoms with Gasteiger partial charge in [-0.2, -0.15) is 4.98 Å². The third kappa shape index (κ3) is 3.75. The minimum Gasteiger partial charge on any atom is -0.341 e. The zero-order valence-corrected chi connectivity index (χ0v) is 18.1. The molecule has 164 valence electrons. The predicted molar refractivity (Wildman–Crippen MR) is 114 cm³/mol. The van der Waals surface area contributed by atoms with Crippen LogP contribution in [0.4, 0.5) is 0 Å². The molecule has 2 aromatic rings. The fraction of sp³-hybridized carbons (Fsp3) is 0.583. The van der Waals surface area contributed by atoms with Crippen molar-refractivity contribution in [3.63, 3.8) is 0 Å². The molecule has 1 saturated carbocycles. The highest BCUT2D eigenvalue weighted by Crippen LogP contribution is 2.45. The van der Waals surface area contributed by atoms with Gasteiger partial charge in [0.25, 0.3) is 5.91 Å². The first kappa shape index (κ1) is 20.2. The summed E-state index contributed by atoms with van der Waals surface area (Å²) in [6, 6.07) is 9.36. The Kier molecular flexibility index (Phi) is 5.28. The molecule has 7 nitrogen and oxygen atoms in total. The van der Waals surface area contributed by atoms with Crippen molar-refractivity contribution >= 4 is 11.8 Å². The molecule has 7 heteroatoms. The number of amides is 2. The molecule has 3 fully saturated rings. The van der Waals surface area contributed by atoms with Gasteiger partial charge < -0.3 is 14.3 Å². The molecule has 1 aliphatic carbocycles. The van der Waals surface area contributed by atoms with Gasteiger partial charge in [-0.15, -0.1) is 0 Å². The topological polar surface area (TPSA) is 79.5 Å². The SMILES string of the molecule is Cc1noc([C@]23CN(C(=O)CCC4CCCC4)C[C@H]2CN(C(=O)c2ccccc2)C3)n1. The Morgan fingerprint density at radius 1 is 1.10 bits per heavy atom. The molecule has 0 bridgehead atoms. The van der Waals surface area contributed by atoms with Crippen LogP contribution in [0.3, 0.4) is 0 Å². The zero-order chi connectivity index (χ0) is 21.4. The van der Waals surface area contributed by atoms with Crippen LogP contribution in [0.2, 0.25) is 0 Å². The lowest BCUT2D eigenvalue weighted by Gasteiger charge is -2.26. The van der Waals surface area contributed by atoms with E-state index in [-0.39, 0.29) is 17.7 Å². The number of rotatable bonds is 5. The molecule has 3 aliphatic rings. The third-order valence-corrected chi connectivity index (χ3v) is 7.46. The van der Waals surface area contributed by atoms with Crippen molar-refractivity contribution in [2.45, 2.75) is 50.9 Å². The van der Waals surface area contributed by atoms with E-state index in [4.69, 9.17) is 4.52 Å². The zero-order valence-electron chi connectivity index (χ0n) is 18.1. The average molecular weight is 423 g/mol. The number of carbonyl (C=O) groups excluding carboxylic acids is 2. The number of aryl methyl sites for hydroxylation is 1. The van der Waals surface area contributed by atoms with Crippen LogP contribution in [0.15, 0.2) is 34.9 Å². The van der Waals surface area contributed by atoms with Gasteiger partial charge in [0.05, 0.1) is 5.41 Å². The van der Waals surface area contributed by atoms with Crippen molar-refractivity contribution < 1.29 is 14.1 Å². The Hall–Kier alpha value is -2.70. The van der Waals surface area contributed by atoms with Crippen LogP contribution in [-0.4, -0.2) is 57.9 Å². The maximum Gasteiger partial charge on any atom is 0.253 e. The maximum absolute atomic E-state index is 13.1. The molecule has 0 unspecified atom stereocenters. The summed E-state index contributed by atoms with van der Waals surface area (Å²) in [5.74, 6) is 2.20. The molecule has 0 spiro atoms. The minimum atomic E-state index is -0.477.